The molecule has 0 aromatic rings. The van der Waals surface area contributed by atoms with Crippen LogP contribution in [0, 0.1) is 17.8 Å². The molecule has 0 radical (unpaired) electrons. The molecule has 2 saturated carbocycles. The fraction of sp³-hybridized carbons (Fsp3) is 1.00. The number of aliphatic hydroxyl groups is 1. The lowest BCUT2D eigenvalue weighted by Gasteiger charge is -2.42. The summed E-state index contributed by atoms with van der Waals surface area (Å²) in [5.74, 6) is 2.46. The smallest absolute Gasteiger partial charge is 0.0695 e. The molecule has 0 aliphatic heterocycles. The topological polar surface area (TPSA) is 23.5 Å². The third kappa shape index (κ3) is 3.03. The lowest BCUT2D eigenvalue weighted by Crippen LogP contribution is -2.50. The molecule has 2 heteroatoms. The Balaban J connectivity index is 1.96. The lowest BCUT2D eigenvalue weighted by molar-refractivity contribution is -0.0111. The first-order valence-corrected chi connectivity index (χ1v) is 7.40. The van der Waals surface area contributed by atoms with E-state index in [9.17, 15) is 5.11 Å². The summed E-state index contributed by atoms with van der Waals surface area (Å²) in [4.78, 5) is 2.47. The van der Waals surface area contributed by atoms with Gasteiger partial charge in [-0.15, -0.1) is 0 Å². The van der Waals surface area contributed by atoms with E-state index in [1.54, 1.807) is 0 Å². The molecule has 17 heavy (non-hydrogen) atoms. The fourth-order valence-corrected chi connectivity index (χ4v) is 3.42. The molecule has 2 fully saturated rings. The van der Waals surface area contributed by atoms with Crippen molar-refractivity contribution in [2.75, 3.05) is 7.05 Å². The Hall–Kier alpha value is -0.0800. The highest BCUT2D eigenvalue weighted by Crippen LogP contribution is 2.38. The van der Waals surface area contributed by atoms with Crippen molar-refractivity contribution in [3.63, 3.8) is 0 Å². The zero-order valence-electron chi connectivity index (χ0n) is 11.9. The third-order valence-electron chi connectivity index (χ3n) is 5.23. The van der Waals surface area contributed by atoms with Gasteiger partial charge >= 0.3 is 0 Å². The van der Waals surface area contributed by atoms with Gasteiger partial charge in [-0.1, -0.05) is 13.8 Å². The van der Waals surface area contributed by atoms with E-state index in [0.29, 0.717) is 12.1 Å². The summed E-state index contributed by atoms with van der Waals surface area (Å²) in [6.07, 6.45) is 6.07. The quantitative estimate of drug-likeness (QED) is 0.815. The minimum Gasteiger partial charge on any atom is -0.391 e. The van der Waals surface area contributed by atoms with E-state index in [1.165, 1.54) is 25.7 Å². The van der Waals surface area contributed by atoms with Crippen molar-refractivity contribution in [1.82, 2.24) is 4.90 Å². The van der Waals surface area contributed by atoms with Crippen LogP contribution in [0.2, 0.25) is 0 Å². The molecule has 2 rings (SSSR count). The van der Waals surface area contributed by atoms with Gasteiger partial charge in [0.15, 0.2) is 0 Å². The number of hydrogen-bond acceptors (Lipinski definition) is 2. The Morgan fingerprint density at radius 3 is 2.12 bits per heavy atom. The van der Waals surface area contributed by atoms with E-state index in [-0.39, 0.29) is 6.10 Å². The van der Waals surface area contributed by atoms with Crippen LogP contribution in [0.15, 0.2) is 0 Å². The van der Waals surface area contributed by atoms with Crippen LogP contribution in [0.4, 0.5) is 0 Å². The predicted molar refractivity (Wildman–Crippen MR) is 71.9 cm³/mol. The SMILES string of the molecule is CC(C)C1CCC(O)C(N(C)C(C)C2CC2)C1. The van der Waals surface area contributed by atoms with Crippen LogP contribution in [0.5, 0.6) is 0 Å². The van der Waals surface area contributed by atoms with Gasteiger partial charge in [0.05, 0.1) is 6.10 Å². The molecular weight excluding hydrogens is 210 g/mol. The summed E-state index contributed by atoms with van der Waals surface area (Å²) < 4.78 is 0. The summed E-state index contributed by atoms with van der Waals surface area (Å²) in [6, 6.07) is 1.05. The van der Waals surface area contributed by atoms with Crippen molar-refractivity contribution in [2.24, 2.45) is 17.8 Å². The molecular formula is C15H29NO. The molecule has 0 aromatic carbocycles. The van der Waals surface area contributed by atoms with Gasteiger partial charge in [0.25, 0.3) is 0 Å². The van der Waals surface area contributed by atoms with E-state index >= 15 is 0 Å². The largest absolute Gasteiger partial charge is 0.391 e. The first-order chi connectivity index (χ1) is 8.00. The van der Waals surface area contributed by atoms with Crippen LogP contribution < -0.4 is 0 Å². The van der Waals surface area contributed by atoms with Crippen LogP contribution >= 0.6 is 0 Å². The Kier molecular flexibility index (Phi) is 4.14. The highest BCUT2D eigenvalue weighted by molar-refractivity contribution is 4.92. The Morgan fingerprint density at radius 1 is 1.00 bits per heavy atom. The molecule has 2 nitrogen and oxygen atoms in total. The monoisotopic (exact) mass is 239 g/mol. The second-order valence-corrected chi connectivity index (χ2v) is 6.70. The summed E-state index contributed by atoms with van der Waals surface area (Å²) >= 11 is 0. The number of hydrogen-bond donors (Lipinski definition) is 1. The molecule has 2 aliphatic carbocycles. The van der Waals surface area contributed by atoms with Crippen molar-refractivity contribution >= 4 is 0 Å². The van der Waals surface area contributed by atoms with E-state index in [0.717, 1.165) is 24.2 Å². The minimum atomic E-state index is -0.101. The summed E-state index contributed by atoms with van der Waals surface area (Å²) in [5.41, 5.74) is 0. The Bertz CT molecular complexity index is 249. The maximum Gasteiger partial charge on any atom is 0.0695 e. The van der Waals surface area contributed by atoms with Crippen molar-refractivity contribution in [3.8, 4) is 0 Å². The molecule has 0 spiro atoms. The van der Waals surface area contributed by atoms with Gasteiger partial charge < -0.3 is 5.11 Å². The second-order valence-electron chi connectivity index (χ2n) is 6.70. The van der Waals surface area contributed by atoms with Crippen LogP contribution in [0.1, 0.15) is 52.9 Å². The van der Waals surface area contributed by atoms with Crippen LogP contribution in [0.25, 0.3) is 0 Å². The molecule has 0 amide bonds. The molecule has 4 atom stereocenters. The van der Waals surface area contributed by atoms with Gasteiger partial charge in [-0.3, -0.25) is 4.90 Å². The summed E-state index contributed by atoms with van der Waals surface area (Å²) in [7, 11) is 2.22. The predicted octanol–water partition coefficient (Wildman–Crippen LogP) is 2.90. The minimum absolute atomic E-state index is 0.101. The van der Waals surface area contributed by atoms with Gasteiger partial charge in [-0.05, 0) is 63.8 Å². The number of nitrogens with zero attached hydrogens (tertiary/aromatic N) is 1. The first-order valence-electron chi connectivity index (χ1n) is 7.40. The normalized spacial score (nSPS) is 36.5. The zero-order valence-corrected chi connectivity index (χ0v) is 11.9. The van der Waals surface area contributed by atoms with E-state index < -0.39 is 0 Å². The summed E-state index contributed by atoms with van der Waals surface area (Å²) in [5, 5.41) is 10.2. The van der Waals surface area contributed by atoms with Crippen LogP contribution in [-0.2, 0) is 0 Å². The van der Waals surface area contributed by atoms with Crippen molar-refractivity contribution < 1.29 is 5.11 Å². The van der Waals surface area contributed by atoms with Gasteiger partial charge in [0.1, 0.15) is 0 Å². The Morgan fingerprint density at radius 2 is 1.59 bits per heavy atom. The molecule has 0 aromatic heterocycles. The maximum atomic E-state index is 10.2. The van der Waals surface area contributed by atoms with E-state index in [4.69, 9.17) is 0 Å². The average Bonchev–Trinajstić information content (AvgIpc) is 3.11. The van der Waals surface area contributed by atoms with Gasteiger partial charge in [0.2, 0.25) is 0 Å². The highest BCUT2D eigenvalue weighted by Gasteiger charge is 2.38. The van der Waals surface area contributed by atoms with Crippen molar-refractivity contribution in [1.29, 1.82) is 0 Å². The van der Waals surface area contributed by atoms with Crippen LogP contribution in [0.3, 0.4) is 0 Å². The first kappa shape index (κ1) is 13.4. The fourth-order valence-electron chi connectivity index (χ4n) is 3.42. The molecule has 0 saturated heterocycles. The van der Waals surface area contributed by atoms with Gasteiger partial charge in [-0.25, -0.2) is 0 Å². The van der Waals surface area contributed by atoms with Crippen LogP contribution in [-0.4, -0.2) is 35.2 Å². The molecule has 0 heterocycles. The molecule has 100 valence electrons. The molecule has 1 N–H and O–H groups in total. The highest BCUT2D eigenvalue weighted by atomic mass is 16.3. The van der Waals surface area contributed by atoms with Gasteiger partial charge in [-0.2, -0.15) is 0 Å². The standard InChI is InChI=1S/C15H29NO/c1-10(2)13-7-8-15(17)14(9-13)16(4)11(3)12-5-6-12/h10-15,17H,5-9H2,1-4H3. The van der Waals surface area contributed by atoms with Crippen molar-refractivity contribution in [3.05, 3.63) is 0 Å². The van der Waals surface area contributed by atoms with Crippen molar-refractivity contribution in [2.45, 2.75) is 71.1 Å². The number of likely N-dealkylation sites (N-methyl/N-ethyl adjacent to an activating group) is 1. The zero-order chi connectivity index (χ0) is 12.6. The number of rotatable bonds is 4. The molecule has 4 unspecified atom stereocenters. The van der Waals surface area contributed by atoms with E-state index in [1.807, 2.05) is 0 Å². The second kappa shape index (κ2) is 5.27. The Labute approximate surface area is 106 Å². The number of aliphatic hydroxyl groups excluding tert-OH is 1. The maximum absolute atomic E-state index is 10.2. The third-order valence-corrected chi connectivity index (χ3v) is 5.23. The van der Waals surface area contributed by atoms with Gasteiger partial charge in [0, 0.05) is 12.1 Å². The van der Waals surface area contributed by atoms with E-state index in [2.05, 4.69) is 32.7 Å². The lowest BCUT2D eigenvalue weighted by atomic mass is 9.77. The molecule has 0 bridgehead atoms. The molecule has 2 aliphatic rings. The average molecular weight is 239 g/mol. The summed E-state index contributed by atoms with van der Waals surface area (Å²) in [6.45, 7) is 6.98.